The molecule has 0 radical (unpaired) electrons. The predicted octanol–water partition coefficient (Wildman–Crippen LogP) is 3.91. The summed E-state index contributed by atoms with van der Waals surface area (Å²) in [6.07, 6.45) is 0. The molecule has 3 N–H and O–H groups in total. The third kappa shape index (κ3) is 2.02. The molecule has 3 nitrogen and oxygen atoms in total. The minimum absolute atomic E-state index is 0.0395. The van der Waals surface area contributed by atoms with Gasteiger partial charge in [0.05, 0.1) is 5.69 Å². The highest BCUT2D eigenvalue weighted by Gasteiger charge is 2.21. The van der Waals surface area contributed by atoms with Gasteiger partial charge >= 0.3 is 5.97 Å². The maximum absolute atomic E-state index is 13.8. The van der Waals surface area contributed by atoms with Crippen molar-refractivity contribution in [1.29, 1.82) is 0 Å². The zero-order valence-corrected chi connectivity index (χ0v) is 11.7. The minimum atomic E-state index is -1.10. The van der Waals surface area contributed by atoms with Crippen molar-refractivity contribution in [3.8, 4) is 10.4 Å². The lowest BCUT2D eigenvalue weighted by Gasteiger charge is -2.04. The average Bonchev–Trinajstić information content (AvgIpc) is 2.57. The molecule has 0 unspecified atom stereocenters. The van der Waals surface area contributed by atoms with E-state index < -0.39 is 11.8 Å². The van der Waals surface area contributed by atoms with Crippen molar-refractivity contribution in [3.05, 3.63) is 38.9 Å². The monoisotopic (exact) mass is 329 g/mol. The van der Waals surface area contributed by atoms with Gasteiger partial charge in [-0.3, -0.25) is 0 Å². The molecule has 0 aliphatic rings. The molecule has 0 atom stereocenters. The second-order valence-corrected chi connectivity index (χ2v) is 5.58. The van der Waals surface area contributed by atoms with E-state index in [1.165, 1.54) is 6.07 Å². The van der Waals surface area contributed by atoms with Crippen LogP contribution in [0.1, 0.15) is 15.2 Å². The Labute approximate surface area is 115 Å². The fraction of sp³-hybridized carbons (Fsp3) is 0.0833. The van der Waals surface area contributed by atoms with Crippen LogP contribution in [-0.2, 0) is 0 Å². The first-order valence-corrected chi connectivity index (χ1v) is 6.61. The largest absolute Gasteiger partial charge is 0.477 e. The molecule has 1 aromatic carbocycles. The van der Waals surface area contributed by atoms with Crippen LogP contribution in [0.25, 0.3) is 10.4 Å². The van der Waals surface area contributed by atoms with Crippen LogP contribution in [0.3, 0.4) is 0 Å². The molecule has 6 heteroatoms. The number of rotatable bonds is 2. The highest BCUT2D eigenvalue weighted by Crippen LogP contribution is 2.42. The van der Waals surface area contributed by atoms with Crippen LogP contribution in [0, 0.1) is 12.7 Å². The minimum Gasteiger partial charge on any atom is -0.477 e. The molecule has 2 aromatic rings. The SMILES string of the molecule is Cc1c(-c2c(F)cccc2Br)sc(C(=O)O)c1N. The summed E-state index contributed by atoms with van der Waals surface area (Å²) in [7, 11) is 0. The predicted molar refractivity (Wildman–Crippen MR) is 73.5 cm³/mol. The number of nitrogen functional groups attached to an aromatic ring is 1. The van der Waals surface area contributed by atoms with E-state index in [2.05, 4.69) is 15.9 Å². The summed E-state index contributed by atoms with van der Waals surface area (Å²) in [5.74, 6) is -1.51. The fourth-order valence-electron chi connectivity index (χ4n) is 1.64. The molecule has 0 spiro atoms. The third-order valence-electron chi connectivity index (χ3n) is 2.58. The number of hydrogen-bond acceptors (Lipinski definition) is 3. The second kappa shape index (κ2) is 4.70. The zero-order valence-electron chi connectivity index (χ0n) is 9.33. The van der Waals surface area contributed by atoms with Crippen molar-refractivity contribution in [3.63, 3.8) is 0 Å². The summed E-state index contributed by atoms with van der Waals surface area (Å²) in [4.78, 5) is 11.6. The number of carbonyl (C=O) groups is 1. The van der Waals surface area contributed by atoms with Crippen molar-refractivity contribution in [2.24, 2.45) is 0 Å². The van der Waals surface area contributed by atoms with E-state index in [4.69, 9.17) is 10.8 Å². The van der Waals surface area contributed by atoms with Crippen molar-refractivity contribution < 1.29 is 14.3 Å². The number of hydrogen-bond donors (Lipinski definition) is 2. The van der Waals surface area contributed by atoms with Crippen LogP contribution in [0.5, 0.6) is 0 Å². The topological polar surface area (TPSA) is 63.3 Å². The molecular formula is C12H9BrFNO2S. The van der Waals surface area contributed by atoms with Gasteiger partial charge in [0.2, 0.25) is 0 Å². The van der Waals surface area contributed by atoms with Gasteiger partial charge in [0.1, 0.15) is 10.7 Å². The first-order valence-electron chi connectivity index (χ1n) is 5.00. The lowest BCUT2D eigenvalue weighted by atomic mass is 10.1. The van der Waals surface area contributed by atoms with Crippen LogP contribution in [0.4, 0.5) is 10.1 Å². The molecule has 1 heterocycles. The van der Waals surface area contributed by atoms with Crippen LogP contribution < -0.4 is 5.73 Å². The van der Waals surface area contributed by atoms with Gasteiger partial charge in [-0.15, -0.1) is 11.3 Å². The van der Waals surface area contributed by atoms with Gasteiger partial charge in [-0.2, -0.15) is 0 Å². The molecule has 0 fully saturated rings. The summed E-state index contributed by atoms with van der Waals surface area (Å²) in [6, 6.07) is 4.61. The van der Waals surface area contributed by atoms with E-state index in [9.17, 15) is 9.18 Å². The van der Waals surface area contributed by atoms with E-state index in [1.54, 1.807) is 19.1 Å². The molecule has 0 amide bonds. The molecule has 0 saturated heterocycles. The fourth-order valence-corrected chi connectivity index (χ4v) is 3.44. The van der Waals surface area contributed by atoms with E-state index in [0.717, 1.165) is 11.3 Å². The maximum Gasteiger partial charge on any atom is 0.348 e. The summed E-state index contributed by atoms with van der Waals surface area (Å²) in [6.45, 7) is 1.69. The molecule has 0 saturated carbocycles. The van der Waals surface area contributed by atoms with Gasteiger partial charge in [0.15, 0.2) is 0 Å². The first kappa shape index (κ1) is 13.0. The summed E-state index contributed by atoms with van der Waals surface area (Å²) in [5.41, 5.74) is 6.86. The number of nitrogens with two attached hydrogens (primary N) is 1. The van der Waals surface area contributed by atoms with Gasteiger partial charge in [0.25, 0.3) is 0 Å². The summed E-state index contributed by atoms with van der Waals surface area (Å²) < 4.78 is 14.4. The zero-order chi connectivity index (χ0) is 13.4. The highest BCUT2D eigenvalue weighted by atomic mass is 79.9. The second-order valence-electron chi connectivity index (χ2n) is 3.70. The lowest BCUT2D eigenvalue weighted by Crippen LogP contribution is -1.97. The van der Waals surface area contributed by atoms with Crippen LogP contribution in [-0.4, -0.2) is 11.1 Å². The summed E-state index contributed by atoms with van der Waals surface area (Å²) >= 11 is 4.25. The highest BCUT2D eigenvalue weighted by molar-refractivity contribution is 9.10. The Morgan fingerprint density at radius 3 is 2.67 bits per heavy atom. The number of anilines is 1. The van der Waals surface area contributed by atoms with Crippen LogP contribution >= 0.6 is 27.3 Å². The molecule has 0 aliphatic carbocycles. The van der Waals surface area contributed by atoms with Gasteiger partial charge in [-0.25, -0.2) is 9.18 Å². The van der Waals surface area contributed by atoms with Crippen molar-refractivity contribution in [2.45, 2.75) is 6.92 Å². The molecule has 18 heavy (non-hydrogen) atoms. The van der Waals surface area contributed by atoms with Crippen molar-refractivity contribution >= 4 is 38.9 Å². The Morgan fingerprint density at radius 1 is 1.50 bits per heavy atom. The molecule has 0 bridgehead atoms. The van der Waals surface area contributed by atoms with Gasteiger partial charge in [0, 0.05) is 14.9 Å². The Balaban J connectivity index is 2.73. The smallest absolute Gasteiger partial charge is 0.348 e. The van der Waals surface area contributed by atoms with Gasteiger partial charge < -0.3 is 10.8 Å². The Hall–Kier alpha value is -1.40. The van der Waals surface area contributed by atoms with E-state index >= 15 is 0 Å². The normalized spacial score (nSPS) is 10.6. The van der Waals surface area contributed by atoms with E-state index in [-0.39, 0.29) is 10.6 Å². The maximum atomic E-state index is 13.8. The molecular weight excluding hydrogens is 321 g/mol. The Kier molecular flexibility index (Phi) is 3.41. The lowest BCUT2D eigenvalue weighted by molar-refractivity contribution is 0.0703. The first-order chi connectivity index (χ1) is 8.43. The molecule has 0 aliphatic heterocycles. The standard InChI is InChI=1S/C12H9BrFNO2S/c1-5-9(15)11(12(16)17)18-10(5)8-6(13)3-2-4-7(8)14/h2-4H,15H2,1H3,(H,16,17). The van der Waals surface area contributed by atoms with Gasteiger partial charge in [-0.05, 0) is 24.6 Å². The van der Waals surface area contributed by atoms with Crippen LogP contribution in [0.2, 0.25) is 0 Å². The average molecular weight is 330 g/mol. The quantitative estimate of drug-likeness (QED) is 0.878. The number of aromatic carboxylic acids is 1. The van der Waals surface area contributed by atoms with Crippen LogP contribution in [0.15, 0.2) is 22.7 Å². The molecule has 2 rings (SSSR count). The number of halogens is 2. The Bertz CT molecular complexity index is 619. The van der Waals surface area contributed by atoms with E-state index in [0.29, 0.717) is 20.5 Å². The Morgan fingerprint density at radius 2 is 2.17 bits per heavy atom. The van der Waals surface area contributed by atoms with E-state index in [1.807, 2.05) is 0 Å². The number of carboxylic acid groups (broad SMARTS) is 1. The molecule has 94 valence electrons. The number of carboxylic acids is 1. The molecule has 1 aromatic heterocycles. The summed E-state index contributed by atoms with van der Waals surface area (Å²) in [5, 5.41) is 9.01. The van der Waals surface area contributed by atoms with Crippen molar-refractivity contribution in [2.75, 3.05) is 5.73 Å². The number of thiophene rings is 1. The van der Waals surface area contributed by atoms with Crippen molar-refractivity contribution in [1.82, 2.24) is 0 Å². The van der Waals surface area contributed by atoms with Gasteiger partial charge in [-0.1, -0.05) is 22.0 Å². The third-order valence-corrected chi connectivity index (χ3v) is 4.55. The number of benzene rings is 1.